The van der Waals surface area contributed by atoms with Crippen LogP contribution in [0.1, 0.15) is 24.9 Å². The zero-order valence-corrected chi connectivity index (χ0v) is 19.6. The van der Waals surface area contributed by atoms with Crippen LogP contribution in [0.2, 0.25) is 0 Å². The van der Waals surface area contributed by atoms with E-state index in [0.29, 0.717) is 23.9 Å². The second-order valence-corrected chi connectivity index (χ2v) is 8.93. The number of anilines is 1. The number of hydrogen-bond acceptors (Lipinski definition) is 4. The molecule has 4 aromatic rings. The number of pyridine rings is 1. The Morgan fingerprint density at radius 1 is 1.06 bits per heavy atom. The summed E-state index contributed by atoms with van der Waals surface area (Å²) in [4.78, 5) is 38.5. The molecule has 8 nitrogen and oxygen atoms in total. The third kappa shape index (κ3) is 4.15. The van der Waals surface area contributed by atoms with Crippen LogP contribution in [0.3, 0.4) is 0 Å². The van der Waals surface area contributed by atoms with Gasteiger partial charge in [0.25, 0.3) is 5.91 Å². The number of nitrogens with one attached hydrogen (secondary N) is 1. The molecule has 184 valence electrons. The first-order valence-electron chi connectivity index (χ1n) is 11.3. The van der Waals surface area contributed by atoms with E-state index in [9.17, 15) is 23.2 Å². The first-order valence-corrected chi connectivity index (χ1v) is 11.3. The number of amides is 2. The predicted molar refractivity (Wildman–Crippen MR) is 130 cm³/mol. The highest BCUT2D eigenvalue weighted by Crippen LogP contribution is 2.39. The average molecular weight is 491 g/mol. The van der Waals surface area contributed by atoms with Crippen molar-refractivity contribution in [2.24, 2.45) is 7.05 Å². The van der Waals surface area contributed by atoms with Crippen LogP contribution in [0.5, 0.6) is 0 Å². The number of nitrogens with zero attached hydrogens (tertiary/aromatic N) is 4. The Labute approximate surface area is 204 Å². The minimum Gasteiger partial charge on any atom is -0.345 e. The van der Waals surface area contributed by atoms with Crippen molar-refractivity contribution >= 4 is 28.4 Å². The molecule has 1 aliphatic rings. The van der Waals surface area contributed by atoms with Crippen LogP contribution in [-0.4, -0.2) is 38.1 Å². The first kappa shape index (κ1) is 23.4. The van der Waals surface area contributed by atoms with Crippen molar-refractivity contribution in [3.05, 3.63) is 89.0 Å². The molecule has 1 N–H and O–H groups in total. The fraction of sp³-hybridized carbons (Fsp3) is 0.231. The van der Waals surface area contributed by atoms with Crippen LogP contribution in [-0.2, 0) is 16.6 Å². The van der Waals surface area contributed by atoms with E-state index >= 15 is 0 Å². The Balaban J connectivity index is 1.54. The lowest BCUT2D eigenvalue weighted by Crippen LogP contribution is -2.46. The van der Waals surface area contributed by atoms with Crippen molar-refractivity contribution in [1.29, 1.82) is 0 Å². The molecule has 0 aliphatic carbocycles. The van der Waals surface area contributed by atoms with Crippen LogP contribution in [0.15, 0.2) is 77.9 Å². The largest absolute Gasteiger partial charge is 0.345 e. The molecule has 2 aromatic carbocycles. The van der Waals surface area contributed by atoms with Crippen LogP contribution >= 0.6 is 0 Å². The number of aryl methyl sites for hydroxylation is 1. The number of benzene rings is 2. The minimum atomic E-state index is -3.56. The summed E-state index contributed by atoms with van der Waals surface area (Å²) in [5.41, 5.74) is 2.59. The second-order valence-electron chi connectivity index (χ2n) is 8.93. The average Bonchev–Trinajstić information content (AvgIpc) is 3.41. The Hall–Kier alpha value is -4.34. The summed E-state index contributed by atoms with van der Waals surface area (Å²) < 4.78 is 30.4. The van der Waals surface area contributed by atoms with Gasteiger partial charge in [-0.15, -0.1) is 0 Å². The third-order valence-corrected chi connectivity index (χ3v) is 6.32. The van der Waals surface area contributed by atoms with E-state index in [-0.39, 0.29) is 17.9 Å². The molecule has 3 heterocycles. The molecule has 2 atom stereocenters. The highest BCUT2D eigenvalue weighted by Gasteiger charge is 2.45. The molecule has 0 radical (unpaired) electrons. The van der Waals surface area contributed by atoms with E-state index in [0.717, 1.165) is 10.9 Å². The van der Waals surface area contributed by atoms with Gasteiger partial charge in [-0.1, -0.05) is 30.3 Å². The van der Waals surface area contributed by atoms with Gasteiger partial charge in [-0.3, -0.25) is 14.4 Å². The molecule has 0 unspecified atom stereocenters. The van der Waals surface area contributed by atoms with Crippen LogP contribution in [0, 0.1) is 0 Å². The van der Waals surface area contributed by atoms with Gasteiger partial charge in [-0.05, 0) is 29.8 Å². The smallest absolute Gasteiger partial charge is 0.321 e. The molecule has 1 aliphatic heterocycles. The quantitative estimate of drug-likeness (QED) is 0.464. The zero-order chi connectivity index (χ0) is 25.6. The van der Waals surface area contributed by atoms with Gasteiger partial charge < -0.3 is 14.8 Å². The number of carbonyl (C=O) groups excluding carboxylic acids is 2. The fourth-order valence-corrected chi connectivity index (χ4v) is 4.57. The molecule has 36 heavy (non-hydrogen) atoms. The van der Waals surface area contributed by atoms with Gasteiger partial charge in [-0.2, -0.15) is 13.9 Å². The summed E-state index contributed by atoms with van der Waals surface area (Å²) in [7, 11) is 1.65. The lowest BCUT2D eigenvalue weighted by molar-refractivity contribution is -0.143. The highest BCUT2D eigenvalue weighted by atomic mass is 19.3. The molecule has 2 amide bonds. The topological polar surface area (TPSA) is 89.2 Å². The maximum absolute atomic E-state index is 13.6. The highest BCUT2D eigenvalue weighted by molar-refractivity contribution is 6.00. The number of rotatable bonds is 5. The van der Waals surface area contributed by atoms with E-state index in [1.165, 1.54) is 15.5 Å². The summed E-state index contributed by atoms with van der Waals surface area (Å²) in [6.07, 6.45) is 3.21. The number of fused-ring (bicyclic) bond motifs is 1. The number of halogens is 2. The Kier molecular flexibility index (Phi) is 5.66. The van der Waals surface area contributed by atoms with Crippen LogP contribution in [0.25, 0.3) is 16.6 Å². The predicted octanol–water partition coefficient (Wildman–Crippen LogP) is 3.34. The number of aromatic nitrogens is 3. The number of carbonyl (C=O) groups is 2. The van der Waals surface area contributed by atoms with E-state index in [1.807, 2.05) is 12.1 Å². The van der Waals surface area contributed by atoms with E-state index in [1.54, 1.807) is 66.6 Å². The molecule has 5 rings (SSSR count). The van der Waals surface area contributed by atoms with Gasteiger partial charge in [0.2, 0.25) is 11.5 Å². The normalized spacial score (nSPS) is 18.1. The van der Waals surface area contributed by atoms with Crippen molar-refractivity contribution < 1.29 is 18.4 Å². The van der Waals surface area contributed by atoms with Gasteiger partial charge >= 0.3 is 5.92 Å². The van der Waals surface area contributed by atoms with Crippen molar-refractivity contribution in [3.63, 3.8) is 0 Å². The Morgan fingerprint density at radius 3 is 2.47 bits per heavy atom. The Morgan fingerprint density at radius 2 is 1.78 bits per heavy atom. The molecular weight excluding hydrogens is 468 g/mol. The second kappa shape index (κ2) is 8.71. The molecule has 0 saturated carbocycles. The molecular formula is C26H23F2N5O3. The van der Waals surface area contributed by atoms with E-state index in [4.69, 9.17) is 0 Å². The summed E-state index contributed by atoms with van der Waals surface area (Å²) in [6, 6.07) is 16.0. The molecule has 0 bridgehead atoms. The van der Waals surface area contributed by atoms with Gasteiger partial charge in [0, 0.05) is 43.7 Å². The third-order valence-electron chi connectivity index (χ3n) is 6.32. The van der Waals surface area contributed by atoms with Crippen molar-refractivity contribution in [3.8, 4) is 5.69 Å². The number of hydrogen-bond donors (Lipinski definition) is 1. The monoisotopic (exact) mass is 491 g/mol. The molecule has 0 spiro atoms. The standard InChI is InChI=1S/C26H23F2N5O3/c1-26(27,28)25(36)30-20-13-23(35)32(24(20)16-6-4-3-5-7-16)18-8-10-21-17(12-18)14-29-33(21)19-9-11-22(34)31(2)15-19/h3-12,14-15,20,24H,13H2,1-2H3,(H,30,36)/t20-,24+/m1/s1. The lowest BCUT2D eigenvalue weighted by Gasteiger charge is -2.29. The van der Waals surface area contributed by atoms with Gasteiger partial charge in [0.1, 0.15) is 0 Å². The van der Waals surface area contributed by atoms with E-state index < -0.39 is 23.9 Å². The van der Waals surface area contributed by atoms with Crippen molar-refractivity contribution in [2.45, 2.75) is 31.4 Å². The van der Waals surface area contributed by atoms with Gasteiger partial charge in [0.05, 0.1) is 29.5 Å². The van der Waals surface area contributed by atoms with Crippen LogP contribution < -0.4 is 15.8 Å². The summed E-state index contributed by atoms with van der Waals surface area (Å²) in [5, 5.41) is 7.56. The fourth-order valence-electron chi connectivity index (χ4n) is 4.57. The Bertz CT molecular complexity index is 1520. The minimum absolute atomic E-state index is 0.114. The lowest BCUT2D eigenvalue weighted by atomic mass is 9.99. The van der Waals surface area contributed by atoms with Crippen molar-refractivity contribution in [2.75, 3.05) is 4.90 Å². The maximum Gasteiger partial charge on any atom is 0.321 e. The first-order chi connectivity index (χ1) is 17.1. The molecule has 10 heteroatoms. The summed E-state index contributed by atoms with van der Waals surface area (Å²) >= 11 is 0. The van der Waals surface area contributed by atoms with Crippen molar-refractivity contribution in [1.82, 2.24) is 19.7 Å². The van der Waals surface area contributed by atoms with Crippen LogP contribution in [0.4, 0.5) is 14.5 Å². The SMILES string of the molecule is Cn1cc(-n2ncc3cc(N4C(=O)C[C@@H](NC(=O)C(C)(F)F)[C@@H]4c4ccccc4)ccc32)ccc1=O. The molecule has 1 fully saturated rings. The zero-order valence-electron chi connectivity index (χ0n) is 19.6. The van der Waals surface area contributed by atoms with E-state index in [2.05, 4.69) is 10.4 Å². The molecule has 1 saturated heterocycles. The summed E-state index contributed by atoms with van der Waals surface area (Å²) in [5.74, 6) is -5.28. The maximum atomic E-state index is 13.6. The molecule has 2 aromatic heterocycles. The number of alkyl halides is 2. The van der Waals surface area contributed by atoms with Gasteiger partial charge in [-0.25, -0.2) is 4.68 Å². The van der Waals surface area contributed by atoms with Gasteiger partial charge in [0.15, 0.2) is 0 Å². The summed E-state index contributed by atoms with van der Waals surface area (Å²) in [6.45, 7) is 0.532.